The average Bonchev–Trinajstić information content (AvgIpc) is 2.65. The van der Waals surface area contributed by atoms with Crippen LogP contribution in [0.2, 0.25) is 0 Å². The first-order valence-electron chi connectivity index (χ1n) is 5.90. The molecule has 2 rings (SSSR count). The molecular formula is C14H17BrO3. The zero-order chi connectivity index (χ0) is 13.0. The van der Waals surface area contributed by atoms with Crippen LogP contribution in [0.15, 0.2) is 36.4 Å². The topological polar surface area (TPSA) is 27.7 Å². The van der Waals surface area contributed by atoms with Crippen LogP contribution in [-0.4, -0.2) is 25.2 Å². The second-order valence-corrected chi connectivity index (χ2v) is 5.48. The van der Waals surface area contributed by atoms with Crippen LogP contribution in [0.4, 0.5) is 0 Å². The Hall–Kier alpha value is -0.840. The van der Waals surface area contributed by atoms with Gasteiger partial charge in [0, 0.05) is 5.56 Å². The number of benzene rings is 1. The van der Waals surface area contributed by atoms with Gasteiger partial charge in [-0.05, 0) is 31.2 Å². The van der Waals surface area contributed by atoms with E-state index in [0.29, 0.717) is 13.2 Å². The fraction of sp³-hybridized carbons (Fsp3) is 0.429. The highest BCUT2D eigenvalue weighted by Crippen LogP contribution is 2.37. The first-order valence-corrected chi connectivity index (χ1v) is 6.82. The Morgan fingerprint density at radius 1 is 1.17 bits per heavy atom. The molecule has 1 heterocycles. The minimum Gasteiger partial charge on any atom is -0.497 e. The van der Waals surface area contributed by atoms with Crippen molar-refractivity contribution in [2.75, 3.05) is 20.3 Å². The highest BCUT2D eigenvalue weighted by atomic mass is 79.9. The lowest BCUT2D eigenvalue weighted by atomic mass is 10.0. The summed E-state index contributed by atoms with van der Waals surface area (Å²) in [5.74, 6) is 0.0679. The smallest absolute Gasteiger partial charge is 0.208 e. The van der Waals surface area contributed by atoms with E-state index in [1.54, 1.807) is 7.11 Å². The predicted molar refractivity (Wildman–Crippen MR) is 74.1 cm³/mol. The van der Waals surface area contributed by atoms with Crippen molar-refractivity contribution in [2.24, 2.45) is 0 Å². The molecule has 0 spiro atoms. The van der Waals surface area contributed by atoms with Gasteiger partial charge in [0.1, 0.15) is 5.75 Å². The van der Waals surface area contributed by atoms with E-state index < -0.39 is 5.79 Å². The normalized spacial score (nSPS) is 20.2. The van der Waals surface area contributed by atoms with Gasteiger partial charge in [-0.15, -0.1) is 0 Å². The standard InChI is InChI=1S/C14H17BrO3/c1-11(15)14(17-9-3-4-10-18-14)12-5-7-13(16-2)8-6-12/h3-8,11H,9-10H2,1-2H3. The summed E-state index contributed by atoms with van der Waals surface area (Å²) in [4.78, 5) is 0.0401. The molecule has 1 aromatic rings. The van der Waals surface area contributed by atoms with E-state index in [0.717, 1.165) is 11.3 Å². The molecule has 0 aromatic heterocycles. The molecule has 18 heavy (non-hydrogen) atoms. The second-order valence-electron chi connectivity index (χ2n) is 4.11. The molecule has 98 valence electrons. The van der Waals surface area contributed by atoms with Gasteiger partial charge in [-0.3, -0.25) is 0 Å². The van der Waals surface area contributed by atoms with Crippen LogP contribution in [0.5, 0.6) is 5.75 Å². The Bertz CT molecular complexity index is 402. The molecule has 0 fully saturated rings. The lowest BCUT2D eigenvalue weighted by molar-refractivity contribution is -0.228. The van der Waals surface area contributed by atoms with Crippen LogP contribution < -0.4 is 4.74 Å². The molecule has 1 unspecified atom stereocenters. The largest absolute Gasteiger partial charge is 0.497 e. The van der Waals surface area contributed by atoms with Gasteiger partial charge >= 0.3 is 0 Å². The molecule has 0 N–H and O–H groups in total. The summed E-state index contributed by atoms with van der Waals surface area (Å²) < 4.78 is 17.0. The summed E-state index contributed by atoms with van der Waals surface area (Å²) in [5.41, 5.74) is 0.983. The Morgan fingerprint density at radius 3 is 2.17 bits per heavy atom. The van der Waals surface area contributed by atoms with Crippen LogP contribution in [0.3, 0.4) is 0 Å². The van der Waals surface area contributed by atoms with Crippen LogP contribution in [-0.2, 0) is 15.3 Å². The first-order chi connectivity index (χ1) is 8.69. The molecule has 0 saturated carbocycles. The third kappa shape index (κ3) is 2.60. The highest BCUT2D eigenvalue weighted by molar-refractivity contribution is 9.09. The van der Waals surface area contributed by atoms with Gasteiger partial charge in [0.25, 0.3) is 0 Å². The van der Waals surface area contributed by atoms with Crippen molar-refractivity contribution in [1.29, 1.82) is 0 Å². The third-order valence-electron chi connectivity index (χ3n) is 2.97. The summed E-state index contributed by atoms with van der Waals surface area (Å²) in [6, 6.07) is 7.78. The fourth-order valence-corrected chi connectivity index (χ4v) is 2.50. The molecule has 0 saturated heterocycles. The number of halogens is 1. The van der Waals surface area contributed by atoms with E-state index >= 15 is 0 Å². The van der Waals surface area contributed by atoms with E-state index in [9.17, 15) is 0 Å². The van der Waals surface area contributed by atoms with Crippen molar-refractivity contribution in [3.8, 4) is 5.75 Å². The van der Waals surface area contributed by atoms with E-state index in [1.807, 2.05) is 43.3 Å². The number of methoxy groups -OCH3 is 1. The molecule has 1 atom stereocenters. The number of ether oxygens (including phenoxy) is 3. The maximum absolute atomic E-state index is 5.91. The molecule has 1 aliphatic rings. The molecule has 0 amide bonds. The Balaban J connectivity index is 2.33. The van der Waals surface area contributed by atoms with Crippen molar-refractivity contribution < 1.29 is 14.2 Å². The SMILES string of the molecule is COc1ccc(C2(C(C)Br)OCC=CCO2)cc1. The third-order valence-corrected chi connectivity index (χ3v) is 3.57. The zero-order valence-corrected chi connectivity index (χ0v) is 12.1. The first kappa shape index (κ1) is 13.6. The van der Waals surface area contributed by atoms with E-state index in [-0.39, 0.29) is 4.83 Å². The number of rotatable bonds is 3. The van der Waals surface area contributed by atoms with Gasteiger partial charge in [0.05, 0.1) is 25.2 Å². The van der Waals surface area contributed by atoms with Crippen LogP contribution >= 0.6 is 15.9 Å². The fourth-order valence-electron chi connectivity index (χ4n) is 1.97. The number of hydrogen-bond donors (Lipinski definition) is 0. The van der Waals surface area contributed by atoms with Gasteiger partial charge in [0.2, 0.25) is 5.79 Å². The monoisotopic (exact) mass is 312 g/mol. The summed E-state index contributed by atoms with van der Waals surface area (Å²) in [6.45, 7) is 3.11. The Labute approximate surface area is 116 Å². The van der Waals surface area contributed by atoms with Gasteiger partial charge < -0.3 is 14.2 Å². The molecular weight excluding hydrogens is 296 g/mol. The Morgan fingerprint density at radius 2 is 1.72 bits per heavy atom. The lowest BCUT2D eigenvalue weighted by Gasteiger charge is -2.35. The molecule has 1 aromatic carbocycles. The van der Waals surface area contributed by atoms with Crippen LogP contribution in [0.25, 0.3) is 0 Å². The van der Waals surface area contributed by atoms with Crippen LogP contribution in [0.1, 0.15) is 12.5 Å². The van der Waals surface area contributed by atoms with Gasteiger partial charge in [-0.1, -0.05) is 28.1 Å². The van der Waals surface area contributed by atoms with Crippen molar-refractivity contribution in [3.05, 3.63) is 42.0 Å². The quantitative estimate of drug-likeness (QED) is 0.633. The Kier molecular flexibility index (Phi) is 4.43. The molecule has 1 aliphatic heterocycles. The van der Waals surface area contributed by atoms with Crippen molar-refractivity contribution in [2.45, 2.75) is 17.5 Å². The zero-order valence-electron chi connectivity index (χ0n) is 10.6. The molecule has 0 radical (unpaired) electrons. The summed E-state index contributed by atoms with van der Waals surface area (Å²) >= 11 is 3.59. The number of alkyl halides is 1. The minimum absolute atomic E-state index is 0.0401. The average molecular weight is 313 g/mol. The minimum atomic E-state index is -0.754. The summed E-state index contributed by atoms with van der Waals surface area (Å²) in [6.07, 6.45) is 3.95. The highest BCUT2D eigenvalue weighted by Gasteiger charge is 2.39. The van der Waals surface area contributed by atoms with Crippen LogP contribution in [0, 0.1) is 0 Å². The van der Waals surface area contributed by atoms with Crippen molar-refractivity contribution in [3.63, 3.8) is 0 Å². The molecule has 4 heteroatoms. The molecule has 3 nitrogen and oxygen atoms in total. The summed E-state index contributed by atoms with van der Waals surface area (Å²) in [7, 11) is 1.65. The van der Waals surface area contributed by atoms with Gasteiger partial charge in [-0.25, -0.2) is 0 Å². The van der Waals surface area contributed by atoms with Gasteiger partial charge in [0.15, 0.2) is 0 Å². The summed E-state index contributed by atoms with van der Waals surface area (Å²) in [5, 5.41) is 0. The molecule has 0 aliphatic carbocycles. The van der Waals surface area contributed by atoms with Crippen molar-refractivity contribution >= 4 is 15.9 Å². The number of hydrogen-bond acceptors (Lipinski definition) is 3. The van der Waals surface area contributed by atoms with Crippen molar-refractivity contribution in [1.82, 2.24) is 0 Å². The van der Waals surface area contributed by atoms with Gasteiger partial charge in [-0.2, -0.15) is 0 Å². The van der Waals surface area contributed by atoms with E-state index in [4.69, 9.17) is 14.2 Å². The lowest BCUT2D eigenvalue weighted by Crippen LogP contribution is -2.40. The maximum Gasteiger partial charge on any atom is 0.208 e. The van der Waals surface area contributed by atoms with E-state index in [1.165, 1.54) is 0 Å². The molecule has 0 bridgehead atoms. The van der Waals surface area contributed by atoms with E-state index in [2.05, 4.69) is 15.9 Å². The second kappa shape index (κ2) is 5.87. The predicted octanol–water partition coefficient (Wildman–Crippen LogP) is 3.23. The maximum atomic E-state index is 5.91.